The Kier molecular flexibility index (Phi) is 8.49. The molecule has 2 heterocycles. The van der Waals surface area contributed by atoms with Crippen LogP contribution in [0.3, 0.4) is 0 Å². The number of alkyl halides is 1. The number of piperidine rings is 1. The van der Waals surface area contributed by atoms with Gasteiger partial charge >= 0.3 is 0 Å². The van der Waals surface area contributed by atoms with Crippen LogP contribution in [0.1, 0.15) is 37.4 Å². The zero-order valence-corrected chi connectivity index (χ0v) is 20.5. The molecule has 4 rings (SSSR count). The van der Waals surface area contributed by atoms with Gasteiger partial charge in [-0.3, -0.25) is 4.98 Å². The number of halogens is 5. The predicted octanol–water partition coefficient (Wildman–Crippen LogP) is 5.78. The van der Waals surface area contributed by atoms with Crippen LogP contribution in [0, 0.1) is 28.7 Å². The Morgan fingerprint density at radius 2 is 1.78 bits per heavy atom. The fraction of sp³-hybridized carbons (Fsp3) is 0.444. The first-order valence-electron chi connectivity index (χ1n) is 12.2. The van der Waals surface area contributed by atoms with Crippen LogP contribution >= 0.6 is 0 Å². The van der Waals surface area contributed by atoms with Crippen molar-refractivity contribution in [2.24, 2.45) is 5.41 Å². The van der Waals surface area contributed by atoms with E-state index in [1.807, 2.05) is 0 Å². The number of likely N-dealkylation sites (tertiary alicyclic amines) is 1. The zero-order chi connectivity index (χ0) is 26.6. The minimum absolute atomic E-state index is 0.0402. The van der Waals surface area contributed by atoms with Crippen LogP contribution in [-0.2, 0) is 0 Å². The van der Waals surface area contributed by atoms with E-state index in [1.165, 1.54) is 7.11 Å². The van der Waals surface area contributed by atoms with Crippen molar-refractivity contribution in [3.05, 3.63) is 65.4 Å². The van der Waals surface area contributed by atoms with E-state index in [2.05, 4.69) is 15.2 Å². The minimum Gasteiger partial charge on any atom is -0.497 e. The molecule has 2 aromatic carbocycles. The number of aliphatic hydroxyl groups is 1. The zero-order valence-electron chi connectivity index (χ0n) is 20.5. The second-order valence-electron chi connectivity index (χ2n) is 9.58. The number of hydrogen-bond acceptors (Lipinski definition) is 5. The highest BCUT2D eigenvalue weighted by Crippen LogP contribution is 2.40. The molecule has 1 atom stereocenters. The van der Waals surface area contributed by atoms with Crippen LogP contribution in [-0.4, -0.2) is 54.9 Å². The molecule has 1 aliphatic rings. The molecule has 0 bridgehead atoms. The van der Waals surface area contributed by atoms with Crippen LogP contribution in [0.4, 0.5) is 27.6 Å². The predicted molar refractivity (Wildman–Crippen MR) is 131 cm³/mol. The van der Waals surface area contributed by atoms with E-state index >= 15 is 4.39 Å². The van der Waals surface area contributed by atoms with Gasteiger partial charge in [-0.2, -0.15) is 0 Å². The minimum atomic E-state index is -1.58. The molecular formula is C27H30F5N3O2. The summed E-state index contributed by atoms with van der Waals surface area (Å²) in [5.74, 6) is -3.21. The first-order chi connectivity index (χ1) is 17.7. The van der Waals surface area contributed by atoms with E-state index in [-0.39, 0.29) is 30.8 Å². The first-order valence-corrected chi connectivity index (χ1v) is 12.2. The van der Waals surface area contributed by atoms with Crippen LogP contribution in [0.15, 0.2) is 36.5 Å². The topological polar surface area (TPSA) is 57.6 Å². The third-order valence-electron chi connectivity index (χ3n) is 7.30. The molecule has 10 heteroatoms. The number of rotatable bonds is 10. The molecule has 1 fully saturated rings. The molecule has 0 radical (unpaired) electrons. The fourth-order valence-corrected chi connectivity index (χ4v) is 4.98. The third kappa shape index (κ3) is 6.13. The van der Waals surface area contributed by atoms with Crippen molar-refractivity contribution in [2.45, 2.75) is 31.9 Å². The molecular weight excluding hydrogens is 493 g/mol. The molecule has 1 saturated heterocycles. The number of aromatic nitrogens is 1. The summed E-state index contributed by atoms with van der Waals surface area (Å²) in [6.45, 7) is 1.83. The normalized spacial score (nSPS) is 16.6. The number of ether oxygens (including phenoxy) is 1. The summed E-state index contributed by atoms with van der Waals surface area (Å²) in [5, 5.41) is 13.2. The quantitative estimate of drug-likeness (QED) is 0.330. The van der Waals surface area contributed by atoms with E-state index in [0.29, 0.717) is 67.7 Å². The molecule has 0 saturated carbocycles. The van der Waals surface area contributed by atoms with E-state index in [1.54, 1.807) is 18.2 Å². The van der Waals surface area contributed by atoms with Crippen molar-refractivity contribution in [2.75, 3.05) is 45.2 Å². The Labute approximate surface area is 212 Å². The average molecular weight is 524 g/mol. The molecule has 2 N–H and O–H groups in total. The highest BCUT2D eigenvalue weighted by molar-refractivity contribution is 5.84. The summed E-state index contributed by atoms with van der Waals surface area (Å²) >= 11 is 0. The molecule has 0 aliphatic carbocycles. The summed E-state index contributed by atoms with van der Waals surface area (Å²) in [4.78, 5) is 6.12. The molecule has 0 spiro atoms. The van der Waals surface area contributed by atoms with Crippen molar-refractivity contribution < 1.29 is 31.8 Å². The second kappa shape index (κ2) is 11.6. The molecule has 37 heavy (non-hydrogen) atoms. The third-order valence-corrected chi connectivity index (χ3v) is 7.30. The van der Waals surface area contributed by atoms with Crippen LogP contribution in [0.2, 0.25) is 0 Å². The Bertz CT molecular complexity index is 1210. The van der Waals surface area contributed by atoms with Gasteiger partial charge in [0.1, 0.15) is 29.2 Å². The second-order valence-corrected chi connectivity index (χ2v) is 9.58. The summed E-state index contributed by atoms with van der Waals surface area (Å²) in [7, 11) is 1.48. The van der Waals surface area contributed by atoms with Crippen molar-refractivity contribution in [3.8, 4) is 5.75 Å². The molecule has 0 amide bonds. The first kappa shape index (κ1) is 27.1. The Morgan fingerprint density at radius 1 is 1.08 bits per heavy atom. The monoisotopic (exact) mass is 523 g/mol. The number of fused-ring (bicyclic) bond motifs is 1. The lowest BCUT2D eigenvalue weighted by molar-refractivity contribution is 0.0314. The van der Waals surface area contributed by atoms with Gasteiger partial charge in [0.2, 0.25) is 0 Å². The fourth-order valence-electron chi connectivity index (χ4n) is 4.98. The highest BCUT2D eigenvalue weighted by Gasteiger charge is 2.35. The van der Waals surface area contributed by atoms with Gasteiger partial charge in [-0.25, -0.2) is 22.0 Å². The number of nitrogens with one attached hydrogen (secondary N) is 1. The average Bonchev–Trinajstić information content (AvgIpc) is 2.89. The van der Waals surface area contributed by atoms with Gasteiger partial charge in [-0.1, -0.05) is 0 Å². The van der Waals surface area contributed by atoms with E-state index in [9.17, 15) is 22.7 Å². The van der Waals surface area contributed by atoms with Gasteiger partial charge in [0.05, 0.1) is 18.8 Å². The number of hydrogen-bond donors (Lipinski definition) is 2. The van der Waals surface area contributed by atoms with Gasteiger partial charge in [0.15, 0.2) is 11.6 Å². The largest absolute Gasteiger partial charge is 0.497 e. The molecule has 200 valence electrons. The van der Waals surface area contributed by atoms with Crippen LogP contribution < -0.4 is 10.1 Å². The summed E-state index contributed by atoms with van der Waals surface area (Å²) in [6, 6.07) is 6.16. The maximum absolute atomic E-state index is 15.4. The van der Waals surface area contributed by atoms with Crippen molar-refractivity contribution in [3.63, 3.8) is 0 Å². The summed E-state index contributed by atoms with van der Waals surface area (Å²) < 4.78 is 75.9. The molecule has 1 aromatic heterocycles. The lowest BCUT2D eigenvalue weighted by Crippen LogP contribution is -2.43. The Balaban J connectivity index is 1.33. The molecule has 5 nitrogen and oxygen atoms in total. The van der Waals surface area contributed by atoms with Gasteiger partial charge in [0.25, 0.3) is 0 Å². The smallest absolute Gasteiger partial charge is 0.152 e. The Morgan fingerprint density at radius 3 is 2.43 bits per heavy atom. The lowest BCUT2D eigenvalue weighted by atomic mass is 9.74. The molecule has 3 aromatic rings. The lowest BCUT2D eigenvalue weighted by Gasteiger charge is -2.41. The van der Waals surface area contributed by atoms with Gasteiger partial charge in [0, 0.05) is 42.8 Å². The Hall–Kier alpha value is -2.98. The number of nitrogens with zero attached hydrogens (tertiary/aromatic N) is 2. The maximum Gasteiger partial charge on any atom is 0.152 e. The SMILES string of the molecule is COc1ccc2ncc(F)c(C(F)CCC3(CO)CCN(CCNc4c(F)cc(F)cc4F)CC3)c2c1. The highest BCUT2D eigenvalue weighted by atomic mass is 19.2. The number of benzene rings is 2. The summed E-state index contributed by atoms with van der Waals surface area (Å²) in [5.41, 5.74) is -0.453. The van der Waals surface area contributed by atoms with E-state index < -0.39 is 34.9 Å². The van der Waals surface area contributed by atoms with E-state index in [4.69, 9.17) is 4.74 Å². The van der Waals surface area contributed by atoms with Crippen LogP contribution in [0.25, 0.3) is 10.9 Å². The number of pyridine rings is 1. The van der Waals surface area contributed by atoms with Gasteiger partial charge in [-0.05, 0) is 62.4 Å². The van der Waals surface area contributed by atoms with Gasteiger partial charge < -0.3 is 20.1 Å². The van der Waals surface area contributed by atoms with Crippen molar-refractivity contribution in [1.82, 2.24) is 9.88 Å². The summed E-state index contributed by atoms with van der Waals surface area (Å²) in [6.07, 6.45) is 1.05. The molecule has 1 aliphatic heterocycles. The maximum atomic E-state index is 15.4. The van der Waals surface area contributed by atoms with Crippen molar-refractivity contribution in [1.29, 1.82) is 0 Å². The van der Waals surface area contributed by atoms with E-state index in [0.717, 1.165) is 6.20 Å². The van der Waals surface area contributed by atoms with Crippen molar-refractivity contribution >= 4 is 16.6 Å². The molecule has 1 unspecified atom stereocenters. The van der Waals surface area contributed by atoms with Crippen LogP contribution in [0.5, 0.6) is 5.75 Å². The number of aliphatic hydroxyl groups excluding tert-OH is 1. The standard InChI is InChI=1S/C27H30F5N3O2/c1-37-18-2-3-24-19(14-18)25(23(32)15-34-24)20(29)4-5-27(16-36)6-9-35(10-7-27)11-8-33-26-21(30)12-17(28)13-22(26)31/h2-3,12-15,20,33,36H,4-11,16H2,1H3. The number of methoxy groups -OCH3 is 1. The number of anilines is 1. The van der Waals surface area contributed by atoms with Gasteiger partial charge in [-0.15, -0.1) is 0 Å².